The quantitative estimate of drug-likeness (QED) is 0.120. The fourth-order valence-corrected chi connectivity index (χ4v) is 6.98. The van der Waals surface area contributed by atoms with Gasteiger partial charge in [-0.2, -0.15) is 0 Å². The number of piperazine rings is 1. The SMILES string of the molecule is COc1ccc(-c2cc(C(=O)NCCCN3CCN(CCCNC(=O)c4cc(-c5ccc(OC)cc5)nc5ccccc45)CC3)c3ccccc3n2)cc1. The number of fused-ring (bicyclic) bond motifs is 2. The Morgan fingerprint density at radius 2 is 0.963 bits per heavy atom. The Labute approximate surface area is 316 Å². The molecule has 276 valence electrons. The molecule has 0 bridgehead atoms. The average molecular weight is 723 g/mol. The van der Waals surface area contributed by atoms with Crippen LogP contribution in [0.2, 0.25) is 0 Å². The van der Waals surface area contributed by atoms with E-state index in [1.54, 1.807) is 14.2 Å². The lowest BCUT2D eigenvalue weighted by molar-refractivity contribution is 0.0936. The molecule has 1 aliphatic heterocycles. The summed E-state index contributed by atoms with van der Waals surface area (Å²) in [5, 5.41) is 7.98. The van der Waals surface area contributed by atoms with E-state index in [2.05, 4.69) is 20.4 Å². The Bertz CT molecular complexity index is 2060. The van der Waals surface area contributed by atoms with E-state index in [-0.39, 0.29) is 11.8 Å². The average Bonchev–Trinajstić information content (AvgIpc) is 3.23. The summed E-state index contributed by atoms with van der Waals surface area (Å²) in [5.74, 6) is 1.37. The first-order valence-corrected chi connectivity index (χ1v) is 18.6. The van der Waals surface area contributed by atoms with Crippen LogP contribution in [-0.2, 0) is 0 Å². The van der Waals surface area contributed by atoms with Crippen molar-refractivity contribution in [3.63, 3.8) is 0 Å². The fraction of sp³-hybridized carbons (Fsp3) is 0.273. The Kier molecular flexibility index (Phi) is 11.7. The van der Waals surface area contributed by atoms with Crippen LogP contribution in [0.25, 0.3) is 44.3 Å². The number of methoxy groups -OCH3 is 2. The summed E-state index contributed by atoms with van der Waals surface area (Å²) in [7, 11) is 3.29. The fourth-order valence-electron chi connectivity index (χ4n) is 6.98. The van der Waals surface area contributed by atoms with E-state index in [9.17, 15) is 9.59 Å². The maximum absolute atomic E-state index is 13.4. The Balaban J connectivity index is 0.849. The third-order valence-electron chi connectivity index (χ3n) is 10.0. The maximum atomic E-state index is 13.4. The number of hydrogen-bond acceptors (Lipinski definition) is 8. The van der Waals surface area contributed by atoms with Crippen molar-refractivity contribution in [2.24, 2.45) is 0 Å². The van der Waals surface area contributed by atoms with Crippen molar-refractivity contribution in [1.29, 1.82) is 0 Å². The molecule has 2 amide bonds. The van der Waals surface area contributed by atoms with Crippen LogP contribution < -0.4 is 20.1 Å². The zero-order chi connectivity index (χ0) is 37.3. The minimum absolute atomic E-state index is 0.0879. The van der Waals surface area contributed by atoms with E-state index in [4.69, 9.17) is 19.4 Å². The van der Waals surface area contributed by atoms with Gasteiger partial charge in [0, 0.05) is 61.2 Å². The zero-order valence-corrected chi connectivity index (χ0v) is 30.9. The second-order valence-electron chi connectivity index (χ2n) is 13.5. The van der Waals surface area contributed by atoms with E-state index >= 15 is 0 Å². The molecule has 0 radical (unpaired) electrons. The summed E-state index contributed by atoms with van der Waals surface area (Å²) in [5.41, 5.74) is 6.20. The molecule has 1 fully saturated rings. The van der Waals surface area contributed by atoms with Crippen LogP contribution in [0.1, 0.15) is 33.6 Å². The molecule has 1 aliphatic rings. The van der Waals surface area contributed by atoms with Crippen molar-refractivity contribution in [3.8, 4) is 34.0 Å². The Morgan fingerprint density at radius 1 is 0.574 bits per heavy atom. The number of hydrogen-bond donors (Lipinski definition) is 2. The van der Waals surface area contributed by atoms with Gasteiger partial charge in [0.2, 0.25) is 0 Å². The van der Waals surface area contributed by atoms with Crippen LogP contribution in [-0.4, -0.2) is 98.2 Å². The Morgan fingerprint density at radius 3 is 1.35 bits per heavy atom. The molecule has 10 nitrogen and oxygen atoms in total. The van der Waals surface area contributed by atoms with Gasteiger partial charge in [0.25, 0.3) is 11.8 Å². The molecule has 0 unspecified atom stereocenters. The summed E-state index contributed by atoms with van der Waals surface area (Å²) < 4.78 is 10.6. The molecule has 6 aromatic rings. The number of pyridine rings is 2. The molecule has 54 heavy (non-hydrogen) atoms. The molecular weight excluding hydrogens is 677 g/mol. The molecule has 4 aromatic carbocycles. The van der Waals surface area contributed by atoms with Gasteiger partial charge in [0.15, 0.2) is 0 Å². The topological polar surface area (TPSA) is 109 Å². The number of ether oxygens (including phenoxy) is 2. The monoisotopic (exact) mass is 722 g/mol. The number of carbonyl (C=O) groups excluding carboxylic acids is 2. The number of carbonyl (C=O) groups is 2. The molecule has 7 rings (SSSR count). The van der Waals surface area contributed by atoms with Gasteiger partial charge in [-0.25, -0.2) is 9.97 Å². The zero-order valence-electron chi connectivity index (χ0n) is 30.9. The van der Waals surface area contributed by atoms with Crippen molar-refractivity contribution in [1.82, 2.24) is 30.4 Å². The minimum Gasteiger partial charge on any atom is -0.497 e. The van der Waals surface area contributed by atoms with Crippen LogP contribution in [0, 0.1) is 0 Å². The van der Waals surface area contributed by atoms with Crippen molar-refractivity contribution >= 4 is 33.6 Å². The molecule has 3 heterocycles. The second-order valence-corrected chi connectivity index (χ2v) is 13.5. The molecule has 0 spiro atoms. The van der Waals surface area contributed by atoms with Crippen LogP contribution in [0.3, 0.4) is 0 Å². The van der Waals surface area contributed by atoms with Crippen molar-refractivity contribution in [2.75, 3.05) is 66.6 Å². The van der Waals surface area contributed by atoms with Gasteiger partial charge in [0.05, 0.1) is 47.8 Å². The first-order chi connectivity index (χ1) is 26.5. The smallest absolute Gasteiger partial charge is 0.252 e. The molecule has 10 heteroatoms. The number of nitrogens with one attached hydrogen (secondary N) is 2. The first-order valence-electron chi connectivity index (χ1n) is 18.6. The highest BCUT2D eigenvalue weighted by atomic mass is 16.5. The van der Waals surface area contributed by atoms with E-state index in [1.165, 1.54) is 0 Å². The van der Waals surface area contributed by atoms with Crippen LogP contribution >= 0.6 is 0 Å². The molecule has 1 saturated heterocycles. The maximum Gasteiger partial charge on any atom is 0.252 e. The molecule has 0 atom stereocenters. The molecular formula is C44H46N6O4. The van der Waals surface area contributed by atoms with Crippen molar-refractivity contribution < 1.29 is 19.1 Å². The lowest BCUT2D eigenvalue weighted by Crippen LogP contribution is -2.47. The lowest BCUT2D eigenvalue weighted by Gasteiger charge is -2.34. The van der Waals surface area contributed by atoms with Crippen molar-refractivity contribution in [3.05, 3.63) is 120 Å². The standard InChI is InChI=1S/C44H46N6O4/c1-53-33-17-13-31(14-18-33)41-29-37(35-9-3-5-11-39(35)47-41)43(51)45-21-7-23-49-25-27-50(28-26-49)24-8-22-46-44(52)38-30-42(32-15-19-34(54-2)20-16-32)48-40-12-6-4-10-36(38)40/h3-6,9-20,29-30H,7-8,21-28H2,1-2H3,(H,45,51)(H,46,52). The number of amides is 2. The van der Waals surface area contributed by atoms with E-state index in [1.807, 2.05) is 109 Å². The predicted molar refractivity (Wildman–Crippen MR) is 214 cm³/mol. The molecule has 0 aliphatic carbocycles. The normalized spacial score (nSPS) is 13.5. The first kappa shape index (κ1) is 36.5. The van der Waals surface area contributed by atoms with E-state index in [0.29, 0.717) is 24.2 Å². The summed E-state index contributed by atoms with van der Waals surface area (Å²) >= 11 is 0. The lowest BCUT2D eigenvalue weighted by atomic mass is 10.0. The van der Waals surface area contributed by atoms with Gasteiger partial charge in [-0.05, 0) is 98.7 Å². The van der Waals surface area contributed by atoms with Crippen LogP contribution in [0.5, 0.6) is 11.5 Å². The van der Waals surface area contributed by atoms with E-state index in [0.717, 1.165) is 108 Å². The molecule has 0 saturated carbocycles. The number of aromatic nitrogens is 2. The van der Waals surface area contributed by atoms with Crippen LogP contribution in [0.15, 0.2) is 109 Å². The van der Waals surface area contributed by atoms with Crippen LogP contribution in [0.4, 0.5) is 0 Å². The summed E-state index contributed by atoms with van der Waals surface area (Å²) in [6.45, 7) is 6.99. The van der Waals surface area contributed by atoms with Gasteiger partial charge < -0.3 is 29.9 Å². The van der Waals surface area contributed by atoms with Gasteiger partial charge in [-0.15, -0.1) is 0 Å². The number of rotatable bonds is 14. The highest BCUT2D eigenvalue weighted by Crippen LogP contribution is 2.28. The molecule has 2 N–H and O–H groups in total. The largest absolute Gasteiger partial charge is 0.497 e. The summed E-state index contributed by atoms with van der Waals surface area (Å²) in [6.07, 6.45) is 1.74. The van der Waals surface area contributed by atoms with Gasteiger partial charge in [-0.3, -0.25) is 9.59 Å². The van der Waals surface area contributed by atoms with Gasteiger partial charge in [0.1, 0.15) is 11.5 Å². The predicted octanol–water partition coefficient (Wildman–Crippen LogP) is 6.69. The summed E-state index contributed by atoms with van der Waals surface area (Å²) in [4.78, 5) is 41.4. The summed E-state index contributed by atoms with van der Waals surface area (Å²) in [6, 6.07) is 34.7. The van der Waals surface area contributed by atoms with E-state index < -0.39 is 0 Å². The second kappa shape index (κ2) is 17.3. The van der Waals surface area contributed by atoms with Gasteiger partial charge in [-0.1, -0.05) is 36.4 Å². The Hall–Kier alpha value is -5.84. The number of nitrogens with zero attached hydrogens (tertiary/aromatic N) is 4. The minimum atomic E-state index is -0.0879. The van der Waals surface area contributed by atoms with Crippen molar-refractivity contribution in [2.45, 2.75) is 12.8 Å². The highest BCUT2D eigenvalue weighted by Gasteiger charge is 2.18. The molecule has 2 aromatic heterocycles. The third-order valence-corrected chi connectivity index (χ3v) is 10.0. The third kappa shape index (κ3) is 8.68. The number of para-hydroxylation sites is 2. The number of benzene rings is 4. The highest BCUT2D eigenvalue weighted by molar-refractivity contribution is 6.08. The van der Waals surface area contributed by atoms with Gasteiger partial charge >= 0.3 is 0 Å².